The number of methoxy groups -OCH3 is 1. The van der Waals surface area contributed by atoms with E-state index in [0.717, 1.165) is 24.1 Å². The van der Waals surface area contributed by atoms with Gasteiger partial charge in [-0.3, -0.25) is 14.9 Å². The summed E-state index contributed by atoms with van der Waals surface area (Å²) in [5.41, 5.74) is -1.34. The fourth-order valence-corrected chi connectivity index (χ4v) is 3.93. The van der Waals surface area contributed by atoms with Crippen LogP contribution in [0.2, 0.25) is 5.02 Å². The molecule has 2 aromatic rings. The molecule has 0 radical (unpaired) electrons. The Bertz CT molecular complexity index is 1210. The monoisotopic (exact) mass is 521 g/mol. The summed E-state index contributed by atoms with van der Waals surface area (Å²) in [5.74, 6) is -2.32. The summed E-state index contributed by atoms with van der Waals surface area (Å²) in [5, 5.41) is 11.9. The summed E-state index contributed by atoms with van der Waals surface area (Å²) in [6.07, 6.45) is -0.672. The van der Waals surface area contributed by atoms with Gasteiger partial charge in [-0.05, 0) is 56.7 Å². The van der Waals surface area contributed by atoms with Gasteiger partial charge in [-0.1, -0.05) is 11.6 Å². The third kappa shape index (κ3) is 5.91. The van der Waals surface area contributed by atoms with E-state index in [0.29, 0.717) is 0 Å². The van der Waals surface area contributed by atoms with E-state index in [1.165, 1.54) is 29.2 Å². The highest BCUT2D eigenvalue weighted by Crippen LogP contribution is 2.31. The first-order chi connectivity index (χ1) is 16.8. The maximum absolute atomic E-state index is 14.5. The van der Waals surface area contributed by atoms with Crippen LogP contribution in [-0.4, -0.2) is 71.1 Å². The van der Waals surface area contributed by atoms with E-state index < -0.39 is 46.0 Å². The van der Waals surface area contributed by atoms with Crippen molar-refractivity contribution >= 4 is 35.3 Å². The highest BCUT2D eigenvalue weighted by atomic mass is 35.5. The average Bonchev–Trinajstić information content (AvgIpc) is 2.81. The van der Waals surface area contributed by atoms with Crippen LogP contribution in [0, 0.1) is 15.9 Å². The van der Waals surface area contributed by atoms with Crippen molar-refractivity contribution in [3.63, 3.8) is 0 Å². The second kappa shape index (κ2) is 10.5. The lowest BCUT2D eigenvalue weighted by molar-refractivity contribution is -0.385. The third-order valence-corrected chi connectivity index (χ3v) is 5.67. The molecule has 2 aromatic carbocycles. The van der Waals surface area contributed by atoms with E-state index in [1.54, 1.807) is 20.8 Å². The van der Waals surface area contributed by atoms with Gasteiger partial charge in [-0.15, -0.1) is 0 Å². The van der Waals surface area contributed by atoms with Gasteiger partial charge in [0.1, 0.15) is 23.0 Å². The molecule has 1 aliphatic rings. The number of ether oxygens (including phenoxy) is 2. The molecule has 192 valence electrons. The van der Waals surface area contributed by atoms with Crippen molar-refractivity contribution in [2.45, 2.75) is 32.4 Å². The second-order valence-corrected chi connectivity index (χ2v) is 9.51. The van der Waals surface area contributed by atoms with Gasteiger partial charge in [-0.2, -0.15) is 0 Å². The summed E-state index contributed by atoms with van der Waals surface area (Å²) in [6, 6.07) is 6.31. The zero-order chi connectivity index (χ0) is 26.8. The number of nitro benzene ring substituents is 1. The van der Waals surface area contributed by atoms with Gasteiger partial charge in [0.15, 0.2) is 0 Å². The molecule has 3 rings (SSSR count). The van der Waals surface area contributed by atoms with E-state index in [-0.39, 0.29) is 41.3 Å². The molecule has 1 heterocycles. The number of carbonyl (C=O) groups is 3. The molecular weight excluding hydrogens is 497 g/mol. The third-order valence-electron chi connectivity index (χ3n) is 5.43. The lowest BCUT2D eigenvalue weighted by Crippen LogP contribution is -2.60. The van der Waals surface area contributed by atoms with E-state index >= 15 is 0 Å². The predicted octanol–water partition coefficient (Wildman–Crippen LogP) is 4.29. The summed E-state index contributed by atoms with van der Waals surface area (Å²) < 4.78 is 24.7. The molecule has 0 aromatic heterocycles. The van der Waals surface area contributed by atoms with E-state index in [2.05, 4.69) is 0 Å². The summed E-state index contributed by atoms with van der Waals surface area (Å²) in [6.45, 7) is 4.75. The number of halogens is 2. The Morgan fingerprint density at radius 3 is 2.42 bits per heavy atom. The van der Waals surface area contributed by atoms with E-state index in [9.17, 15) is 28.9 Å². The normalized spacial score (nSPS) is 15.9. The molecule has 0 bridgehead atoms. The minimum Gasteiger partial charge on any atom is -0.467 e. The summed E-state index contributed by atoms with van der Waals surface area (Å²) in [7, 11) is 1.13. The van der Waals surface area contributed by atoms with Crippen LogP contribution in [0.1, 0.15) is 31.1 Å². The van der Waals surface area contributed by atoms with Crippen LogP contribution in [-0.2, 0) is 14.3 Å². The van der Waals surface area contributed by atoms with Crippen LogP contribution in [0.4, 0.5) is 14.9 Å². The lowest BCUT2D eigenvalue weighted by atomic mass is 9.99. The van der Waals surface area contributed by atoms with Crippen LogP contribution in [0.5, 0.6) is 0 Å². The molecule has 1 fully saturated rings. The Kier molecular flexibility index (Phi) is 7.83. The van der Waals surface area contributed by atoms with Gasteiger partial charge < -0.3 is 19.3 Å². The summed E-state index contributed by atoms with van der Waals surface area (Å²) in [4.78, 5) is 52.0. The molecule has 0 aliphatic carbocycles. The zero-order valence-corrected chi connectivity index (χ0v) is 20.9. The minimum absolute atomic E-state index is 0.0213. The lowest BCUT2D eigenvalue weighted by Gasteiger charge is -2.40. The molecular formula is C24H25ClFN3O7. The van der Waals surface area contributed by atoms with Crippen LogP contribution < -0.4 is 0 Å². The van der Waals surface area contributed by atoms with Crippen LogP contribution in [0.25, 0.3) is 11.1 Å². The van der Waals surface area contributed by atoms with Gasteiger partial charge in [0, 0.05) is 29.7 Å². The number of amides is 2. The first-order valence-corrected chi connectivity index (χ1v) is 11.3. The van der Waals surface area contributed by atoms with Crippen molar-refractivity contribution in [1.29, 1.82) is 0 Å². The Morgan fingerprint density at radius 1 is 1.14 bits per heavy atom. The Morgan fingerprint density at radius 2 is 1.83 bits per heavy atom. The SMILES string of the molecule is COC(=O)C1CN(C(=O)OC(C)(C)C)CCN1C(=O)c1cc(-c2ccc(Cl)cc2F)ccc1[N+](=O)[O-]. The smallest absolute Gasteiger partial charge is 0.410 e. The van der Waals surface area contributed by atoms with Crippen molar-refractivity contribution in [3.05, 3.63) is 62.9 Å². The van der Waals surface area contributed by atoms with Gasteiger partial charge >= 0.3 is 12.1 Å². The summed E-state index contributed by atoms with van der Waals surface area (Å²) >= 11 is 5.81. The highest BCUT2D eigenvalue weighted by molar-refractivity contribution is 6.30. The number of esters is 1. The highest BCUT2D eigenvalue weighted by Gasteiger charge is 2.40. The molecule has 0 N–H and O–H groups in total. The van der Waals surface area contributed by atoms with Crippen LogP contribution >= 0.6 is 11.6 Å². The van der Waals surface area contributed by atoms with E-state index in [4.69, 9.17) is 21.1 Å². The number of nitro groups is 1. The first kappa shape index (κ1) is 26.9. The average molecular weight is 522 g/mol. The molecule has 1 aliphatic heterocycles. The van der Waals surface area contributed by atoms with Crippen molar-refractivity contribution < 1.29 is 33.2 Å². The Labute approximate surface area is 211 Å². The maximum Gasteiger partial charge on any atom is 0.410 e. The first-order valence-electron chi connectivity index (χ1n) is 10.9. The molecule has 36 heavy (non-hydrogen) atoms. The largest absolute Gasteiger partial charge is 0.467 e. The molecule has 0 spiro atoms. The number of piperazine rings is 1. The number of nitrogens with zero attached hydrogens (tertiary/aromatic N) is 3. The topological polar surface area (TPSA) is 119 Å². The van der Waals surface area contributed by atoms with Crippen molar-refractivity contribution in [2.75, 3.05) is 26.7 Å². The van der Waals surface area contributed by atoms with Crippen molar-refractivity contribution in [3.8, 4) is 11.1 Å². The fourth-order valence-electron chi connectivity index (χ4n) is 3.77. The van der Waals surface area contributed by atoms with Crippen LogP contribution in [0.15, 0.2) is 36.4 Å². The number of rotatable bonds is 4. The van der Waals surface area contributed by atoms with Crippen molar-refractivity contribution in [1.82, 2.24) is 9.80 Å². The molecule has 1 atom stereocenters. The Balaban J connectivity index is 1.99. The van der Waals surface area contributed by atoms with E-state index in [1.807, 2.05) is 0 Å². The maximum atomic E-state index is 14.5. The molecule has 12 heteroatoms. The number of benzene rings is 2. The molecule has 2 amide bonds. The molecule has 1 unspecified atom stereocenters. The predicted molar refractivity (Wildman–Crippen MR) is 128 cm³/mol. The molecule has 10 nitrogen and oxygen atoms in total. The quantitative estimate of drug-likeness (QED) is 0.334. The Hall–Kier alpha value is -3.73. The number of hydrogen-bond acceptors (Lipinski definition) is 7. The zero-order valence-electron chi connectivity index (χ0n) is 20.1. The van der Waals surface area contributed by atoms with Crippen molar-refractivity contribution in [2.24, 2.45) is 0 Å². The van der Waals surface area contributed by atoms with Gasteiger partial charge in [0.25, 0.3) is 11.6 Å². The van der Waals surface area contributed by atoms with Gasteiger partial charge in [0.2, 0.25) is 0 Å². The van der Waals surface area contributed by atoms with Gasteiger partial charge in [-0.25, -0.2) is 14.0 Å². The number of hydrogen-bond donors (Lipinski definition) is 0. The molecule has 0 saturated carbocycles. The standard InChI is InChI=1S/C24H25ClFN3O7/c1-24(2,3)36-23(32)27-9-10-28(20(13-27)22(31)35-4)21(30)17-11-14(5-8-19(17)29(33)34)16-7-6-15(25)12-18(16)26/h5-8,11-12,20H,9-10,13H2,1-4H3. The van der Waals surface area contributed by atoms with Crippen LogP contribution in [0.3, 0.4) is 0 Å². The second-order valence-electron chi connectivity index (χ2n) is 9.08. The number of carbonyl (C=O) groups excluding carboxylic acids is 3. The van der Waals surface area contributed by atoms with Gasteiger partial charge in [0.05, 0.1) is 18.6 Å². The fraction of sp³-hybridized carbons (Fsp3) is 0.375. The minimum atomic E-state index is -1.24. The molecule has 1 saturated heterocycles.